The number of benzene rings is 1. The minimum absolute atomic E-state index is 0.670. The summed E-state index contributed by atoms with van der Waals surface area (Å²) in [5, 5.41) is 4.56. The summed E-state index contributed by atoms with van der Waals surface area (Å²) < 4.78 is 5.79. The number of rotatable bonds is 3. The van der Waals surface area contributed by atoms with Gasteiger partial charge in [-0.1, -0.05) is 18.2 Å². The van der Waals surface area contributed by atoms with E-state index < -0.39 is 0 Å². The number of furan rings is 1. The number of hydrogen-bond donors (Lipinski definition) is 1. The molecule has 1 fully saturated rings. The second-order valence-corrected chi connectivity index (χ2v) is 4.86. The highest BCUT2D eigenvalue weighted by Gasteiger charge is 2.23. The van der Waals surface area contributed by atoms with Gasteiger partial charge in [-0.25, -0.2) is 0 Å². The molecule has 0 atom stereocenters. The molecule has 0 radical (unpaired) electrons. The van der Waals surface area contributed by atoms with Crippen LogP contribution in [0, 0.1) is 6.92 Å². The molecule has 17 heavy (non-hydrogen) atoms. The highest BCUT2D eigenvalue weighted by molar-refractivity contribution is 5.82. The lowest BCUT2D eigenvalue weighted by atomic mass is 10.1. The minimum atomic E-state index is 0.670. The third-order valence-electron chi connectivity index (χ3n) is 3.69. The van der Waals surface area contributed by atoms with Crippen molar-refractivity contribution in [2.75, 3.05) is 20.1 Å². The van der Waals surface area contributed by atoms with Gasteiger partial charge in [-0.3, -0.25) is 4.90 Å². The first-order valence-electron chi connectivity index (χ1n) is 6.13. The normalized spacial score (nSPS) is 16.6. The lowest BCUT2D eigenvalue weighted by Crippen LogP contribution is -2.55. The molecule has 1 saturated heterocycles. The van der Waals surface area contributed by atoms with E-state index in [1.807, 2.05) is 12.1 Å². The Kier molecular flexibility index (Phi) is 2.65. The van der Waals surface area contributed by atoms with E-state index in [2.05, 4.69) is 36.3 Å². The van der Waals surface area contributed by atoms with Gasteiger partial charge in [0.2, 0.25) is 0 Å². The van der Waals surface area contributed by atoms with E-state index in [1.54, 1.807) is 0 Å². The fraction of sp³-hybridized carbons (Fsp3) is 0.429. The van der Waals surface area contributed by atoms with Gasteiger partial charge in [-0.05, 0) is 20.0 Å². The summed E-state index contributed by atoms with van der Waals surface area (Å²) in [6, 6.07) is 8.95. The minimum Gasteiger partial charge on any atom is -0.461 e. The highest BCUT2D eigenvalue weighted by atomic mass is 16.3. The van der Waals surface area contributed by atoms with Crippen LogP contribution in [0.25, 0.3) is 11.0 Å². The molecule has 0 bridgehead atoms. The van der Waals surface area contributed by atoms with Crippen LogP contribution < -0.4 is 5.32 Å². The molecule has 3 heteroatoms. The third kappa shape index (κ3) is 1.85. The van der Waals surface area contributed by atoms with Gasteiger partial charge >= 0.3 is 0 Å². The predicted octanol–water partition coefficient (Wildman–Crippen LogP) is 2.14. The first-order chi connectivity index (χ1) is 8.25. The van der Waals surface area contributed by atoms with Gasteiger partial charge in [0.1, 0.15) is 11.3 Å². The molecule has 1 N–H and O–H groups in total. The molecular formula is C14H18N2O. The molecule has 1 aliphatic heterocycles. The zero-order valence-electron chi connectivity index (χ0n) is 10.4. The van der Waals surface area contributed by atoms with Crippen LogP contribution in [0.4, 0.5) is 0 Å². The van der Waals surface area contributed by atoms with E-state index in [1.165, 1.54) is 10.9 Å². The van der Waals surface area contributed by atoms with E-state index in [0.29, 0.717) is 6.04 Å². The maximum absolute atomic E-state index is 5.79. The molecular weight excluding hydrogens is 212 g/mol. The van der Waals surface area contributed by atoms with E-state index in [-0.39, 0.29) is 0 Å². The summed E-state index contributed by atoms with van der Waals surface area (Å²) in [4.78, 5) is 2.40. The van der Waals surface area contributed by atoms with Crippen molar-refractivity contribution in [1.82, 2.24) is 10.2 Å². The summed E-state index contributed by atoms with van der Waals surface area (Å²) in [6.07, 6.45) is 0. The summed E-state index contributed by atoms with van der Waals surface area (Å²) in [6.45, 7) is 5.23. The summed E-state index contributed by atoms with van der Waals surface area (Å²) >= 11 is 0. The molecule has 3 rings (SSSR count). The van der Waals surface area contributed by atoms with Gasteiger partial charge in [-0.2, -0.15) is 0 Å². The summed E-state index contributed by atoms with van der Waals surface area (Å²) in [7, 11) is 2.19. The molecule has 0 aliphatic carbocycles. The smallest absolute Gasteiger partial charge is 0.134 e. The Morgan fingerprint density at radius 3 is 2.82 bits per heavy atom. The second-order valence-electron chi connectivity index (χ2n) is 4.86. The van der Waals surface area contributed by atoms with Crippen molar-refractivity contribution in [3.05, 3.63) is 35.6 Å². The Morgan fingerprint density at radius 2 is 2.12 bits per heavy atom. The molecule has 2 aromatic rings. The van der Waals surface area contributed by atoms with Crippen molar-refractivity contribution in [1.29, 1.82) is 0 Å². The molecule has 3 nitrogen and oxygen atoms in total. The number of nitrogens with one attached hydrogen (secondary N) is 1. The van der Waals surface area contributed by atoms with Crippen LogP contribution in [0.5, 0.6) is 0 Å². The zero-order valence-corrected chi connectivity index (χ0v) is 10.4. The Balaban J connectivity index is 1.90. The molecule has 1 aromatic heterocycles. The molecule has 1 aliphatic rings. The van der Waals surface area contributed by atoms with Crippen LogP contribution in [0.2, 0.25) is 0 Å². The first kappa shape index (κ1) is 10.8. The SMILES string of the molecule is Cc1oc2ccccc2c1CN(C)C1CNC1. The second kappa shape index (κ2) is 4.17. The largest absolute Gasteiger partial charge is 0.461 e. The van der Waals surface area contributed by atoms with Gasteiger partial charge in [0.15, 0.2) is 0 Å². The Bertz CT molecular complexity index is 528. The number of nitrogens with zero attached hydrogens (tertiary/aromatic N) is 1. The van der Waals surface area contributed by atoms with Crippen LogP contribution in [-0.4, -0.2) is 31.1 Å². The molecule has 0 amide bonds. The fourth-order valence-electron chi connectivity index (χ4n) is 2.38. The summed E-state index contributed by atoms with van der Waals surface area (Å²) in [5.41, 5.74) is 2.33. The van der Waals surface area contributed by atoms with Crippen LogP contribution in [0.1, 0.15) is 11.3 Å². The topological polar surface area (TPSA) is 28.4 Å². The van der Waals surface area contributed by atoms with Crippen molar-refractivity contribution in [3.63, 3.8) is 0 Å². The quantitative estimate of drug-likeness (QED) is 0.875. The van der Waals surface area contributed by atoms with E-state index >= 15 is 0 Å². The third-order valence-corrected chi connectivity index (χ3v) is 3.69. The molecule has 90 valence electrons. The van der Waals surface area contributed by atoms with Crippen LogP contribution >= 0.6 is 0 Å². The number of fused-ring (bicyclic) bond motifs is 1. The molecule has 0 spiro atoms. The lowest BCUT2D eigenvalue weighted by molar-refractivity contribution is 0.173. The maximum Gasteiger partial charge on any atom is 0.134 e. The van der Waals surface area contributed by atoms with Gasteiger partial charge in [0.25, 0.3) is 0 Å². The van der Waals surface area contributed by atoms with Gasteiger partial charge in [0.05, 0.1) is 0 Å². The van der Waals surface area contributed by atoms with E-state index in [0.717, 1.165) is 31.0 Å². The average molecular weight is 230 g/mol. The van der Waals surface area contributed by atoms with Crippen LogP contribution in [0.15, 0.2) is 28.7 Å². The average Bonchev–Trinajstić information content (AvgIpc) is 2.53. The summed E-state index contributed by atoms with van der Waals surface area (Å²) in [5.74, 6) is 1.05. The van der Waals surface area contributed by atoms with E-state index in [9.17, 15) is 0 Å². The van der Waals surface area contributed by atoms with Crippen molar-refractivity contribution < 1.29 is 4.42 Å². The van der Waals surface area contributed by atoms with Crippen molar-refractivity contribution >= 4 is 11.0 Å². The van der Waals surface area contributed by atoms with Crippen LogP contribution in [-0.2, 0) is 6.54 Å². The lowest BCUT2D eigenvalue weighted by Gasteiger charge is -2.35. The number of hydrogen-bond acceptors (Lipinski definition) is 3. The van der Waals surface area contributed by atoms with Crippen LogP contribution in [0.3, 0.4) is 0 Å². The van der Waals surface area contributed by atoms with Crippen molar-refractivity contribution in [2.45, 2.75) is 19.5 Å². The molecule has 1 aromatic carbocycles. The van der Waals surface area contributed by atoms with E-state index in [4.69, 9.17) is 4.42 Å². The zero-order chi connectivity index (χ0) is 11.8. The molecule has 0 saturated carbocycles. The molecule has 0 unspecified atom stereocenters. The van der Waals surface area contributed by atoms with Gasteiger partial charge < -0.3 is 9.73 Å². The Morgan fingerprint density at radius 1 is 1.35 bits per heavy atom. The maximum atomic E-state index is 5.79. The fourth-order valence-corrected chi connectivity index (χ4v) is 2.38. The number of likely N-dealkylation sites (N-methyl/N-ethyl adjacent to an activating group) is 1. The molecule has 2 heterocycles. The van der Waals surface area contributed by atoms with Crippen molar-refractivity contribution in [3.8, 4) is 0 Å². The first-order valence-corrected chi connectivity index (χ1v) is 6.13. The van der Waals surface area contributed by atoms with Gasteiger partial charge in [0, 0.05) is 36.6 Å². The van der Waals surface area contributed by atoms with Gasteiger partial charge in [-0.15, -0.1) is 0 Å². The number of aryl methyl sites for hydroxylation is 1. The standard InChI is InChI=1S/C14H18N2O/c1-10-13(9-16(2)11-7-15-8-11)12-5-3-4-6-14(12)17-10/h3-6,11,15H,7-9H2,1-2H3. The Labute approximate surface area is 101 Å². The van der Waals surface area contributed by atoms with Crippen molar-refractivity contribution in [2.24, 2.45) is 0 Å². The highest BCUT2D eigenvalue weighted by Crippen LogP contribution is 2.26. The predicted molar refractivity (Wildman–Crippen MR) is 69.1 cm³/mol. The Hall–Kier alpha value is -1.32. The monoisotopic (exact) mass is 230 g/mol. The number of para-hydroxylation sites is 1.